The van der Waals surface area contributed by atoms with E-state index in [1.807, 2.05) is 0 Å². The van der Waals surface area contributed by atoms with Crippen LogP contribution in [0.3, 0.4) is 0 Å². The molecule has 0 bridgehead atoms. The Hall–Kier alpha value is -1.36. The molecule has 1 saturated carbocycles. The van der Waals surface area contributed by atoms with Gasteiger partial charge in [-0.1, -0.05) is 0 Å². The van der Waals surface area contributed by atoms with Gasteiger partial charge in [0.25, 0.3) is 5.56 Å². The molecule has 1 heterocycles. The van der Waals surface area contributed by atoms with Gasteiger partial charge in [0.15, 0.2) is 0 Å². The van der Waals surface area contributed by atoms with Crippen LogP contribution < -0.4 is 10.9 Å². The average molecular weight is 208 g/mol. The number of hydrogen-bond donors (Lipinski definition) is 2. The minimum absolute atomic E-state index is 0.171. The zero-order chi connectivity index (χ0) is 10.7. The van der Waals surface area contributed by atoms with Gasteiger partial charge in [-0.3, -0.25) is 4.79 Å². The van der Waals surface area contributed by atoms with Crippen molar-refractivity contribution in [3.05, 3.63) is 22.6 Å². The molecule has 0 amide bonds. The van der Waals surface area contributed by atoms with E-state index in [0.717, 1.165) is 24.8 Å². The number of rotatable bonds is 5. The molecule has 0 spiro atoms. The standard InChI is InChI=1S/C10H16N4O/c1-14(9-2-3-9)5-4-11-8-6-10(15)13-12-7-8/h6-7,9H,2-5H2,1H3,(H2,11,13,15). The number of nitrogens with zero attached hydrogens (tertiary/aromatic N) is 2. The van der Waals surface area contributed by atoms with E-state index < -0.39 is 0 Å². The summed E-state index contributed by atoms with van der Waals surface area (Å²) in [7, 11) is 2.13. The summed E-state index contributed by atoms with van der Waals surface area (Å²) in [4.78, 5) is 13.3. The Labute approximate surface area is 88.5 Å². The number of H-pyrrole nitrogens is 1. The second-order valence-corrected chi connectivity index (χ2v) is 3.97. The monoisotopic (exact) mass is 208 g/mol. The van der Waals surface area contributed by atoms with Crippen LogP contribution in [0, 0.1) is 0 Å². The third kappa shape index (κ3) is 3.06. The Kier molecular flexibility index (Phi) is 3.01. The van der Waals surface area contributed by atoms with E-state index in [0.29, 0.717) is 0 Å². The van der Waals surface area contributed by atoms with E-state index in [4.69, 9.17) is 0 Å². The van der Waals surface area contributed by atoms with Gasteiger partial charge in [-0.05, 0) is 19.9 Å². The number of likely N-dealkylation sites (N-methyl/N-ethyl adjacent to an activating group) is 1. The summed E-state index contributed by atoms with van der Waals surface area (Å²) < 4.78 is 0. The van der Waals surface area contributed by atoms with E-state index in [-0.39, 0.29) is 5.56 Å². The molecule has 1 aliphatic rings. The minimum atomic E-state index is -0.171. The van der Waals surface area contributed by atoms with Gasteiger partial charge in [-0.15, -0.1) is 0 Å². The first-order chi connectivity index (χ1) is 7.25. The predicted molar refractivity (Wildman–Crippen MR) is 59.0 cm³/mol. The van der Waals surface area contributed by atoms with Gasteiger partial charge < -0.3 is 10.2 Å². The summed E-state index contributed by atoms with van der Waals surface area (Å²) in [5, 5.41) is 9.23. The molecule has 1 fully saturated rings. The number of aromatic amines is 1. The van der Waals surface area contributed by atoms with Crippen molar-refractivity contribution in [3.8, 4) is 0 Å². The topological polar surface area (TPSA) is 61.0 Å². The molecule has 2 N–H and O–H groups in total. The lowest BCUT2D eigenvalue weighted by Gasteiger charge is -2.15. The molecule has 2 rings (SSSR count). The molecule has 82 valence electrons. The number of hydrogen-bond acceptors (Lipinski definition) is 4. The summed E-state index contributed by atoms with van der Waals surface area (Å²) in [5.74, 6) is 0. The Morgan fingerprint density at radius 1 is 1.67 bits per heavy atom. The molecule has 0 aliphatic heterocycles. The normalized spacial score (nSPS) is 15.6. The fourth-order valence-corrected chi connectivity index (χ4v) is 1.55. The minimum Gasteiger partial charge on any atom is -0.382 e. The molecule has 0 saturated heterocycles. The van der Waals surface area contributed by atoms with Gasteiger partial charge in [-0.25, -0.2) is 5.10 Å². The maximum Gasteiger partial charge on any atom is 0.266 e. The Bertz CT molecular complexity index is 372. The van der Waals surface area contributed by atoms with Gasteiger partial charge in [-0.2, -0.15) is 5.10 Å². The highest BCUT2D eigenvalue weighted by atomic mass is 16.1. The van der Waals surface area contributed by atoms with Crippen LogP contribution in [0.2, 0.25) is 0 Å². The molecular weight excluding hydrogens is 192 g/mol. The molecule has 0 unspecified atom stereocenters. The molecule has 15 heavy (non-hydrogen) atoms. The summed E-state index contributed by atoms with van der Waals surface area (Å²) in [5.41, 5.74) is 0.610. The molecule has 0 radical (unpaired) electrons. The smallest absolute Gasteiger partial charge is 0.266 e. The van der Waals surface area contributed by atoms with Crippen LogP contribution in [0.4, 0.5) is 5.69 Å². The zero-order valence-electron chi connectivity index (χ0n) is 8.86. The van der Waals surface area contributed by atoms with Crippen molar-refractivity contribution in [2.45, 2.75) is 18.9 Å². The van der Waals surface area contributed by atoms with Crippen LogP contribution in [0.1, 0.15) is 12.8 Å². The zero-order valence-corrected chi connectivity index (χ0v) is 8.86. The molecule has 0 atom stereocenters. The Morgan fingerprint density at radius 3 is 3.13 bits per heavy atom. The van der Waals surface area contributed by atoms with Crippen molar-refractivity contribution in [3.63, 3.8) is 0 Å². The third-order valence-electron chi connectivity index (χ3n) is 2.63. The lowest BCUT2D eigenvalue weighted by molar-refractivity contribution is 0.337. The fourth-order valence-electron chi connectivity index (χ4n) is 1.55. The second-order valence-electron chi connectivity index (χ2n) is 3.97. The summed E-state index contributed by atoms with van der Waals surface area (Å²) in [6, 6.07) is 2.30. The molecule has 5 nitrogen and oxygen atoms in total. The average Bonchev–Trinajstić information content (AvgIpc) is 3.00. The predicted octanol–water partition coefficient (Wildman–Crippen LogP) is 0.276. The van der Waals surface area contributed by atoms with E-state index in [1.54, 1.807) is 6.20 Å². The maximum absolute atomic E-state index is 10.9. The Morgan fingerprint density at radius 2 is 2.47 bits per heavy atom. The Balaban J connectivity index is 1.75. The fraction of sp³-hybridized carbons (Fsp3) is 0.600. The van der Waals surface area contributed by atoms with Crippen molar-refractivity contribution in [2.24, 2.45) is 0 Å². The third-order valence-corrected chi connectivity index (χ3v) is 2.63. The van der Waals surface area contributed by atoms with E-state index in [1.165, 1.54) is 18.9 Å². The highest BCUT2D eigenvalue weighted by Crippen LogP contribution is 2.24. The van der Waals surface area contributed by atoms with Crippen molar-refractivity contribution >= 4 is 5.69 Å². The lowest BCUT2D eigenvalue weighted by atomic mass is 10.4. The quantitative estimate of drug-likeness (QED) is 0.729. The van der Waals surface area contributed by atoms with Gasteiger partial charge >= 0.3 is 0 Å². The largest absolute Gasteiger partial charge is 0.382 e. The molecule has 1 aliphatic carbocycles. The molecule has 0 aromatic carbocycles. The van der Waals surface area contributed by atoms with Crippen LogP contribution in [-0.4, -0.2) is 41.3 Å². The molecular formula is C10H16N4O. The van der Waals surface area contributed by atoms with Crippen LogP contribution in [-0.2, 0) is 0 Å². The first kappa shape index (κ1) is 10.2. The van der Waals surface area contributed by atoms with Gasteiger partial charge in [0, 0.05) is 25.2 Å². The molecule has 1 aromatic heterocycles. The van der Waals surface area contributed by atoms with Crippen LogP contribution >= 0.6 is 0 Å². The van der Waals surface area contributed by atoms with Gasteiger partial charge in [0.05, 0.1) is 11.9 Å². The van der Waals surface area contributed by atoms with Crippen LogP contribution in [0.15, 0.2) is 17.1 Å². The summed E-state index contributed by atoms with van der Waals surface area (Å²) in [6.45, 7) is 1.84. The van der Waals surface area contributed by atoms with Crippen molar-refractivity contribution in [1.82, 2.24) is 15.1 Å². The first-order valence-electron chi connectivity index (χ1n) is 5.24. The van der Waals surface area contributed by atoms with E-state index in [9.17, 15) is 4.79 Å². The van der Waals surface area contributed by atoms with Crippen LogP contribution in [0.25, 0.3) is 0 Å². The van der Waals surface area contributed by atoms with Crippen molar-refractivity contribution < 1.29 is 0 Å². The maximum atomic E-state index is 10.9. The SMILES string of the molecule is CN(CCNc1cn[nH]c(=O)c1)C1CC1. The number of nitrogens with one attached hydrogen (secondary N) is 2. The summed E-state index contributed by atoms with van der Waals surface area (Å²) >= 11 is 0. The number of anilines is 1. The molecule has 1 aromatic rings. The van der Waals surface area contributed by atoms with E-state index >= 15 is 0 Å². The van der Waals surface area contributed by atoms with Crippen molar-refractivity contribution in [1.29, 1.82) is 0 Å². The highest BCUT2D eigenvalue weighted by molar-refractivity contribution is 5.38. The molecule has 5 heteroatoms. The van der Waals surface area contributed by atoms with E-state index in [2.05, 4.69) is 27.5 Å². The number of aromatic nitrogens is 2. The van der Waals surface area contributed by atoms with Crippen molar-refractivity contribution in [2.75, 3.05) is 25.5 Å². The van der Waals surface area contributed by atoms with Crippen LogP contribution in [0.5, 0.6) is 0 Å². The lowest BCUT2D eigenvalue weighted by Crippen LogP contribution is -2.27. The van der Waals surface area contributed by atoms with Gasteiger partial charge in [0.1, 0.15) is 0 Å². The highest BCUT2D eigenvalue weighted by Gasteiger charge is 2.25. The van der Waals surface area contributed by atoms with Gasteiger partial charge in [0.2, 0.25) is 0 Å². The first-order valence-corrected chi connectivity index (χ1v) is 5.24. The second kappa shape index (κ2) is 4.44. The summed E-state index contributed by atoms with van der Waals surface area (Å²) in [6.07, 6.45) is 4.27.